The number of hydrogen-bond donors (Lipinski definition) is 1. The molecule has 0 bridgehead atoms. The third-order valence-corrected chi connectivity index (χ3v) is 3.44. The second-order valence-electron chi connectivity index (χ2n) is 4.46. The molecule has 0 fully saturated rings. The predicted octanol–water partition coefficient (Wildman–Crippen LogP) is 5.00. The first-order valence-electron chi connectivity index (χ1n) is 6.82. The molecule has 0 aliphatic heterocycles. The number of nitrogens with zero attached hydrogens (tertiary/aromatic N) is 3. The summed E-state index contributed by atoms with van der Waals surface area (Å²) in [5.41, 5.74) is 9.71. The van der Waals surface area contributed by atoms with Crippen molar-refractivity contribution in [3.8, 4) is 11.5 Å². The topological polar surface area (TPSA) is 87.5 Å². The Bertz CT molecular complexity index is 720. The summed E-state index contributed by atoms with van der Waals surface area (Å²) in [7, 11) is 3.09. The van der Waals surface area contributed by atoms with Crippen molar-refractivity contribution >= 4 is 23.2 Å². The van der Waals surface area contributed by atoms with Crippen LogP contribution in [0.5, 0.6) is 11.5 Å². The number of aliphatic hydroxyl groups excluding tert-OH is 1. The first-order chi connectivity index (χ1) is 11.5. The van der Waals surface area contributed by atoms with Gasteiger partial charge in [0.1, 0.15) is 11.5 Å². The molecule has 0 saturated heterocycles. The molecule has 2 rings (SSSR count). The van der Waals surface area contributed by atoms with Crippen molar-refractivity contribution in [1.82, 2.24) is 0 Å². The van der Waals surface area contributed by atoms with E-state index in [0.717, 1.165) is 11.1 Å². The number of hydrogen-bond acceptors (Lipinski definition) is 4. The van der Waals surface area contributed by atoms with Gasteiger partial charge in [-0.3, -0.25) is 0 Å². The Morgan fingerprint density at radius 3 is 1.96 bits per heavy atom. The van der Waals surface area contributed by atoms with E-state index in [4.69, 9.17) is 43.3 Å². The lowest BCUT2D eigenvalue weighted by Gasteiger charge is -2.05. The zero-order valence-electron chi connectivity index (χ0n) is 13.2. The minimum Gasteiger partial charge on any atom is -0.496 e. The Labute approximate surface area is 150 Å². The Kier molecular flexibility index (Phi) is 8.83. The molecule has 2 aromatic rings. The van der Waals surface area contributed by atoms with Crippen molar-refractivity contribution in [2.75, 3.05) is 14.2 Å². The van der Waals surface area contributed by atoms with Crippen LogP contribution in [0, 0.1) is 0 Å². The fourth-order valence-electron chi connectivity index (χ4n) is 1.81. The van der Waals surface area contributed by atoms with Gasteiger partial charge in [-0.25, -0.2) is 0 Å². The van der Waals surface area contributed by atoms with Gasteiger partial charge < -0.3 is 14.6 Å². The molecular weight excluding hydrogens is 353 g/mol. The Hall–Kier alpha value is -2.11. The lowest BCUT2D eigenvalue weighted by atomic mass is 10.2. The monoisotopic (exact) mass is 369 g/mol. The molecule has 0 spiro atoms. The summed E-state index contributed by atoms with van der Waals surface area (Å²) in [5.74, 6) is 1.26. The first-order valence-corrected chi connectivity index (χ1v) is 7.57. The molecule has 0 radical (unpaired) electrons. The van der Waals surface area contributed by atoms with Gasteiger partial charge in [0.05, 0.1) is 27.4 Å². The number of azide groups is 1. The first kappa shape index (κ1) is 19.9. The Morgan fingerprint density at radius 1 is 1.00 bits per heavy atom. The molecule has 1 N–H and O–H groups in total. The summed E-state index contributed by atoms with van der Waals surface area (Å²) >= 11 is 11.4. The molecule has 0 unspecified atom stereocenters. The highest BCUT2D eigenvalue weighted by Gasteiger charge is 2.02. The van der Waals surface area contributed by atoms with Crippen LogP contribution in [0.1, 0.15) is 11.1 Å². The Balaban J connectivity index is 0.000000243. The molecule has 0 saturated carbocycles. The molecular formula is C16H17Cl2N3O3. The average molecular weight is 370 g/mol. The second-order valence-corrected chi connectivity index (χ2v) is 5.33. The molecule has 0 heterocycles. The van der Waals surface area contributed by atoms with Gasteiger partial charge >= 0.3 is 0 Å². The molecule has 128 valence electrons. The molecule has 24 heavy (non-hydrogen) atoms. The van der Waals surface area contributed by atoms with Crippen molar-refractivity contribution in [2.45, 2.75) is 13.2 Å². The van der Waals surface area contributed by atoms with Crippen molar-refractivity contribution in [1.29, 1.82) is 0 Å². The fraction of sp³-hybridized carbons (Fsp3) is 0.250. The second kappa shape index (κ2) is 10.6. The highest BCUT2D eigenvalue weighted by atomic mass is 35.5. The zero-order chi connectivity index (χ0) is 17.9. The van der Waals surface area contributed by atoms with E-state index in [1.165, 1.54) is 0 Å². The van der Waals surface area contributed by atoms with E-state index in [1.807, 2.05) is 0 Å². The number of benzene rings is 2. The normalized spacial score (nSPS) is 9.38. The Morgan fingerprint density at radius 2 is 1.50 bits per heavy atom. The van der Waals surface area contributed by atoms with Crippen LogP contribution in [-0.4, -0.2) is 19.3 Å². The van der Waals surface area contributed by atoms with Crippen LogP contribution in [0.15, 0.2) is 41.5 Å². The van der Waals surface area contributed by atoms with Gasteiger partial charge in [-0.2, -0.15) is 0 Å². The maximum absolute atomic E-state index is 8.82. The number of ether oxygens (including phenoxy) is 2. The van der Waals surface area contributed by atoms with Crippen LogP contribution in [0.4, 0.5) is 0 Å². The summed E-state index contributed by atoms with van der Waals surface area (Å²) in [6.07, 6.45) is 0. The van der Waals surface area contributed by atoms with Crippen molar-refractivity contribution in [2.24, 2.45) is 5.11 Å². The molecule has 0 aliphatic carbocycles. The summed E-state index contributed by atoms with van der Waals surface area (Å²) in [4.78, 5) is 2.67. The van der Waals surface area contributed by atoms with Crippen LogP contribution < -0.4 is 9.47 Å². The average Bonchev–Trinajstić information content (AvgIpc) is 2.61. The van der Waals surface area contributed by atoms with Gasteiger partial charge in [0.2, 0.25) is 0 Å². The molecule has 8 heteroatoms. The van der Waals surface area contributed by atoms with Gasteiger partial charge in [-0.05, 0) is 35.4 Å². The third kappa shape index (κ3) is 6.18. The molecule has 6 nitrogen and oxygen atoms in total. The lowest BCUT2D eigenvalue weighted by molar-refractivity contribution is 0.274. The number of rotatable bonds is 5. The van der Waals surface area contributed by atoms with E-state index < -0.39 is 0 Å². The SMILES string of the molecule is COc1cc(Cl)ccc1CN=[N+]=[N-].COc1cc(Cl)ccc1CO. The molecule has 0 amide bonds. The standard InChI is InChI=1S/C8H8ClN3O.C8H9ClO2/c1-13-8-4-7(9)3-2-6(8)5-11-12-10;1-11-8-4-7(9)3-2-6(8)5-10/h2-4H,5H2,1H3;2-4,10H,5H2,1H3. The van der Waals surface area contributed by atoms with E-state index in [9.17, 15) is 0 Å². The summed E-state index contributed by atoms with van der Waals surface area (Å²) in [6, 6.07) is 10.3. The number of halogens is 2. The van der Waals surface area contributed by atoms with E-state index in [2.05, 4.69) is 10.0 Å². The van der Waals surface area contributed by atoms with Crippen LogP contribution in [0.2, 0.25) is 10.0 Å². The van der Waals surface area contributed by atoms with Crippen LogP contribution in [0.25, 0.3) is 10.4 Å². The van der Waals surface area contributed by atoms with Crippen molar-refractivity contribution in [3.63, 3.8) is 0 Å². The maximum Gasteiger partial charge on any atom is 0.125 e. The van der Waals surface area contributed by atoms with E-state index in [-0.39, 0.29) is 13.2 Å². The number of methoxy groups -OCH3 is 2. The summed E-state index contributed by atoms with van der Waals surface area (Å²) in [5, 5.41) is 13.5. The quantitative estimate of drug-likeness (QED) is 0.456. The highest BCUT2D eigenvalue weighted by Crippen LogP contribution is 2.24. The smallest absolute Gasteiger partial charge is 0.125 e. The molecule has 0 aromatic heterocycles. The van der Waals surface area contributed by atoms with E-state index in [1.54, 1.807) is 50.6 Å². The van der Waals surface area contributed by atoms with Crippen molar-refractivity contribution < 1.29 is 14.6 Å². The molecule has 0 aliphatic rings. The fourth-order valence-corrected chi connectivity index (χ4v) is 2.13. The van der Waals surface area contributed by atoms with E-state index in [0.29, 0.717) is 21.5 Å². The van der Waals surface area contributed by atoms with Gasteiger partial charge in [-0.15, -0.1) is 0 Å². The largest absolute Gasteiger partial charge is 0.496 e. The van der Waals surface area contributed by atoms with Gasteiger partial charge in [-0.1, -0.05) is 40.4 Å². The molecule has 0 atom stereocenters. The molecule has 2 aromatic carbocycles. The van der Waals surface area contributed by atoms with Gasteiger partial charge in [0.15, 0.2) is 0 Å². The minimum atomic E-state index is -0.0274. The lowest BCUT2D eigenvalue weighted by Crippen LogP contribution is -1.90. The minimum absolute atomic E-state index is 0.0274. The summed E-state index contributed by atoms with van der Waals surface area (Å²) < 4.78 is 10.0. The zero-order valence-corrected chi connectivity index (χ0v) is 14.8. The predicted molar refractivity (Wildman–Crippen MR) is 94.8 cm³/mol. The van der Waals surface area contributed by atoms with Crippen molar-refractivity contribution in [3.05, 3.63) is 68.0 Å². The number of aliphatic hydroxyl groups is 1. The van der Waals surface area contributed by atoms with Crippen LogP contribution >= 0.6 is 23.2 Å². The van der Waals surface area contributed by atoms with E-state index >= 15 is 0 Å². The van der Waals surface area contributed by atoms with Crippen LogP contribution in [0.3, 0.4) is 0 Å². The van der Waals surface area contributed by atoms with Gasteiger partial charge in [0.25, 0.3) is 0 Å². The highest BCUT2D eigenvalue weighted by molar-refractivity contribution is 6.31. The summed E-state index contributed by atoms with van der Waals surface area (Å²) in [6.45, 7) is 0.247. The third-order valence-electron chi connectivity index (χ3n) is 2.97. The van der Waals surface area contributed by atoms with Gasteiger partial charge in [0, 0.05) is 20.5 Å². The maximum atomic E-state index is 8.82. The van der Waals surface area contributed by atoms with Crippen LogP contribution in [-0.2, 0) is 13.2 Å².